The van der Waals surface area contributed by atoms with Crippen LogP contribution in [0.25, 0.3) is 11.1 Å². The van der Waals surface area contributed by atoms with Crippen LogP contribution in [-0.2, 0) is 17.8 Å². The van der Waals surface area contributed by atoms with E-state index in [0.29, 0.717) is 24.2 Å². The molecule has 7 nitrogen and oxygen atoms in total. The fourth-order valence-electron chi connectivity index (χ4n) is 5.59. The van der Waals surface area contributed by atoms with Gasteiger partial charge in [0.2, 0.25) is 5.91 Å². The Morgan fingerprint density at radius 2 is 1.75 bits per heavy atom. The summed E-state index contributed by atoms with van der Waals surface area (Å²) in [4.78, 5) is 16.8. The third-order valence-corrected chi connectivity index (χ3v) is 8.13. The van der Waals surface area contributed by atoms with Gasteiger partial charge in [0.15, 0.2) is 0 Å². The Labute approximate surface area is 239 Å². The van der Waals surface area contributed by atoms with E-state index in [1.807, 2.05) is 13.0 Å². The van der Waals surface area contributed by atoms with E-state index in [9.17, 15) is 9.90 Å². The van der Waals surface area contributed by atoms with Crippen molar-refractivity contribution in [3.05, 3.63) is 83.0 Å². The molecule has 5 atom stereocenters. The SMILES string of the molecule is CCCC(C)c1ccc(-c2ccc(C[C@@H]3CN[C@@H](C(O)N[C@@H](C)C(=O)NCc4ccc(N)nc4C)C3)cc2)cc1. The largest absolute Gasteiger partial charge is 0.384 e. The molecule has 1 aromatic heterocycles. The first-order chi connectivity index (χ1) is 19.2. The number of carbonyl (C=O) groups excluding carboxylic acids is 1. The first kappa shape index (κ1) is 29.7. The van der Waals surface area contributed by atoms with Gasteiger partial charge >= 0.3 is 0 Å². The summed E-state index contributed by atoms with van der Waals surface area (Å²) in [5, 5.41) is 20.2. The van der Waals surface area contributed by atoms with Crippen LogP contribution in [0.3, 0.4) is 0 Å². The van der Waals surface area contributed by atoms with Crippen molar-refractivity contribution in [3.63, 3.8) is 0 Å². The van der Waals surface area contributed by atoms with Crippen molar-refractivity contribution < 1.29 is 9.90 Å². The maximum absolute atomic E-state index is 12.6. The van der Waals surface area contributed by atoms with E-state index < -0.39 is 12.3 Å². The van der Waals surface area contributed by atoms with E-state index in [1.54, 1.807) is 13.0 Å². The first-order valence-corrected chi connectivity index (χ1v) is 14.6. The summed E-state index contributed by atoms with van der Waals surface area (Å²) in [6.45, 7) is 9.37. The van der Waals surface area contributed by atoms with Crippen molar-refractivity contribution in [2.45, 2.75) is 84.2 Å². The van der Waals surface area contributed by atoms with Gasteiger partial charge in [0.1, 0.15) is 12.0 Å². The van der Waals surface area contributed by atoms with Crippen LogP contribution in [0, 0.1) is 12.8 Å². The van der Waals surface area contributed by atoms with Crippen LogP contribution in [0.4, 0.5) is 5.82 Å². The van der Waals surface area contributed by atoms with Gasteiger partial charge in [0, 0.05) is 18.3 Å². The normalized spacial score (nSPS) is 19.2. The van der Waals surface area contributed by atoms with Gasteiger partial charge in [-0.25, -0.2) is 4.98 Å². The standard InChI is InChI=1S/C33H45N5O2/c1-5-6-21(2)26-11-13-28(14-12-26)27-9-7-24(8-10-27)17-25-18-30(35-19-25)33(40)38-23(4)32(39)36-20-29-15-16-31(34)37-22(29)3/h7-16,21,23,25,30,33,35,38,40H,5-6,17-20H2,1-4H3,(H2,34,37)(H,36,39)/t21?,23-,25-,30+,33?/m0/s1. The predicted octanol–water partition coefficient (Wildman–Crippen LogP) is 4.68. The molecule has 214 valence electrons. The molecule has 1 aliphatic rings. The van der Waals surface area contributed by atoms with E-state index in [-0.39, 0.29) is 11.9 Å². The molecule has 1 fully saturated rings. The molecule has 1 saturated heterocycles. The van der Waals surface area contributed by atoms with Gasteiger partial charge < -0.3 is 21.5 Å². The topological polar surface area (TPSA) is 112 Å². The zero-order valence-corrected chi connectivity index (χ0v) is 24.3. The molecule has 0 spiro atoms. The van der Waals surface area contributed by atoms with E-state index in [0.717, 1.165) is 30.6 Å². The highest BCUT2D eigenvalue weighted by Gasteiger charge is 2.31. The molecular formula is C33H45N5O2. The van der Waals surface area contributed by atoms with Crippen LogP contribution < -0.4 is 21.7 Å². The smallest absolute Gasteiger partial charge is 0.237 e. The van der Waals surface area contributed by atoms with Crippen molar-refractivity contribution in [1.29, 1.82) is 0 Å². The molecule has 0 aliphatic carbocycles. The fourth-order valence-corrected chi connectivity index (χ4v) is 5.59. The number of anilines is 1. The number of benzene rings is 2. The number of rotatable bonds is 12. The average Bonchev–Trinajstić information content (AvgIpc) is 3.41. The van der Waals surface area contributed by atoms with Crippen LogP contribution in [0.1, 0.15) is 68.3 Å². The highest BCUT2D eigenvalue weighted by Crippen LogP contribution is 2.27. The fraction of sp³-hybridized carbons (Fsp3) is 0.455. The van der Waals surface area contributed by atoms with Gasteiger partial charge in [-0.3, -0.25) is 10.1 Å². The number of nitrogens with one attached hydrogen (secondary N) is 3. The van der Waals surface area contributed by atoms with Crippen LogP contribution in [0.2, 0.25) is 0 Å². The molecule has 2 aromatic carbocycles. The lowest BCUT2D eigenvalue weighted by atomic mass is 9.93. The molecule has 0 radical (unpaired) electrons. The molecule has 2 unspecified atom stereocenters. The van der Waals surface area contributed by atoms with Gasteiger partial charge in [-0.05, 0) is 85.4 Å². The lowest BCUT2D eigenvalue weighted by Crippen LogP contribution is -2.52. The van der Waals surface area contributed by atoms with Crippen LogP contribution in [-0.4, -0.2) is 40.9 Å². The molecule has 1 amide bonds. The molecule has 40 heavy (non-hydrogen) atoms. The number of nitrogens with two attached hydrogens (primary N) is 1. The zero-order chi connectivity index (χ0) is 28.6. The summed E-state index contributed by atoms with van der Waals surface area (Å²) < 4.78 is 0. The number of nitrogens with zero attached hydrogens (tertiary/aromatic N) is 1. The summed E-state index contributed by atoms with van der Waals surface area (Å²) in [5.74, 6) is 1.32. The first-order valence-electron chi connectivity index (χ1n) is 14.6. The van der Waals surface area contributed by atoms with Gasteiger partial charge in [-0.15, -0.1) is 0 Å². The lowest BCUT2D eigenvalue weighted by molar-refractivity contribution is -0.124. The summed E-state index contributed by atoms with van der Waals surface area (Å²) in [5.41, 5.74) is 12.6. The number of aromatic nitrogens is 1. The second-order valence-corrected chi connectivity index (χ2v) is 11.4. The third-order valence-electron chi connectivity index (χ3n) is 8.13. The minimum Gasteiger partial charge on any atom is -0.384 e. The van der Waals surface area contributed by atoms with Crippen molar-refractivity contribution in [1.82, 2.24) is 20.9 Å². The number of amides is 1. The molecule has 1 aliphatic heterocycles. The molecule has 4 rings (SSSR count). The molecule has 0 saturated carbocycles. The van der Waals surface area contributed by atoms with Gasteiger partial charge in [-0.1, -0.05) is 74.9 Å². The summed E-state index contributed by atoms with van der Waals surface area (Å²) in [6, 6.07) is 20.8. The van der Waals surface area contributed by atoms with Crippen molar-refractivity contribution in [2.75, 3.05) is 12.3 Å². The van der Waals surface area contributed by atoms with Crippen LogP contribution in [0.15, 0.2) is 60.7 Å². The third kappa shape index (κ3) is 7.90. The average molecular weight is 544 g/mol. The minimum atomic E-state index is -0.809. The quantitative estimate of drug-likeness (QED) is 0.212. The van der Waals surface area contributed by atoms with Crippen molar-refractivity contribution in [2.24, 2.45) is 5.92 Å². The Morgan fingerprint density at radius 1 is 1.07 bits per heavy atom. The molecular weight excluding hydrogens is 498 g/mol. The maximum atomic E-state index is 12.6. The van der Waals surface area contributed by atoms with Crippen LogP contribution >= 0.6 is 0 Å². The number of aliphatic hydroxyl groups is 1. The maximum Gasteiger partial charge on any atom is 0.237 e. The van der Waals surface area contributed by atoms with Gasteiger partial charge in [-0.2, -0.15) is 0 Å². The molecule has 3 aromatic rings. The molecule has 6 N–H and O–H groups in total. The minimum absolute atomic E-state index is 0.100. The van der Waals surface area contributed by atoms with E-state index in [2.05, 4.69) is 83.3 Å². The lowest BCUT2D eigenvalue weighted by Gasteiger charge is -2.23. The number of carbonyl (C=O) groups is 1. The number of hydrogen-bond acceptors (Lipinski definition) is 6. The second kappa shape index (κ2) is 13.9. The Kier molecular flexibility index (Phi) is 10.3. The van der Waals surface area contributed by atoms with Crippen molar-refractivity contribution >= 4 is 11.7 Å². The Hall–Kier alpha value is -3.26. The van der Waals surface area contributed by atoms with Gasteiger partial charge in [0.25, 0.3) is 0 Å². The number of hydrogen-bond donors (Lipinski definition) is 5. The zero-order valence-electron chi connectivity index (χ0n) is 24.3. The van der Waals surface area contributed by atoms with E-state index >= 15 is 0 Å². The number of pyridine rings is 1. The summed E-state index contributed by atoms with van der Waals surface area (Å²) in [7, 11) is 0. The molecule has 7 heteroatoms. The Balaban J connectivity index is 1.22. The van der Waals surface area contributed by atoms with Crippen molar-refractivity contribution in [3.8, 4) is 11.1 Å². The van der Waals surface area contributed by atoms with E-state index in [1.165, 1.54) is 35.1 Å². The van der Waals surface area contributed by atoms with Crippen LogP contribution in [0.5, 0.6) is 0 Å². The second-order valence-electron chi connectivity index (χ2n) is 11.4. The monoisotopic (exact) mass is 543 g/mol. The highest BCUT2D eigenvalue weighted by molar-refractivity contribution is 5.81. The summed E-state index contributed by atoms with van der Waals surface area (Å²) in [6.07, 6.45) is 3.41. The number of aryl methyl sites for hydroxylation is 1. The number of aliphatic hydroxyl groups excluding tert-OH is 1. The van der Waals surface area contributed by atoms with E-state index in [4.69, 9.17) is 5.73 Å². The highest BCUT2D eigenvalue weighted by atomic mass is 16.3. The van der Waals surface area contributed by atoms with Gasteiger partial charge in [0.05, 0.1) is 6.04 Å². The predicted molar refractivity (Wildman–Crippen MR) is 163 cm³/mol. The Bertz CT molecular complexity index is 1240. The molecule has 2 heterocycles. The number of nitrogen functional groups attached to an aromatic ring is 1. The Morgan fingerprint density at radius 3 is 2.40 bits per heavy atom. The summed E-state index contributed by atoms with van der Waals surface area (Å²) >= 11 is 0. The molecule has 0 bridgehead atoms.